The number of anilines is 1. The fourth-order valence-corrected chi connectivity index (χ4v) is 2.02. The number of amides is 1. The molecule has 1 aliphatic carbocycles. The zero-order valence-electron chi connectivity index (χ0n) is 10.4. The first-order valence-corrected chi connectivity index (χ1v) is 6.09. The average Bonchev–Trinajstić information content (AvgIpc) is 2.36. The van der Waals surface area contributed by atoms with E-state index >= 15 is 0 Å². The minimum absolute atomic E-state index is 0.132. The summed E-state index contributed by atoms with van der Waals surface area (Å²) in [6.45, 7) is 1.60. The predicted octanol–water partition coefficient (Wildman–Crippen LogP) is 2.55. The van der Waals surface area contributed by atoms with Crippen LogP contribution < -0.4 is 11.1 Å². The van der Waals surface area contributed by atoms with Crippen LogP contribution in [0.25, 0.3) is 0 Å². The van der Waals surface area contributed by atoms with Gasteiger partial charge in [0, 0.05) is 22.9 Å². The van der Waals surface area contributed by atoms with Crippen molar-refractivity contribution in [3.63, 3.8) is 0 Å². The van der Waals surface area contributed by atoms with E-state index in [2.05, 4.69) is 17.5 Å². The Morgan fingerprint density at radius 3 is 2.83 bits per heavy atom. The molecule has 0 aromatic heterocycles. The van der Waals surface area contributed by atoms with E-state index in [1.165, 1.54) is 12.1 Å². The van der Waals surface area contributed by atoms with Gasteiger partial charge in [-0.2, -0.15) is 0 Å². The van der Waals surface area contributed by atoms with Crippen molar-refractivity contribution in [3.8, 4) is 0 Å². The van der Waals surface area contributed by atoms with Crippen molar-refractivity contribution in [1.82, 2.24) is 5.32 Å². The van der Waals surface area contributed by atoms with Crippen LogP contribution in [0.3, 0.4) is 0 Å². The summed E-state index contributed by atoms with van der Waals surface area (Å²) in [7, 11) is 0. The van der Waals surface area contributed by atoms with Crippen molar-refractivity contribution in [2.45, 2.75) is 32.2 Å². The first kappa shape index (κ1) is 12.6. The standard InChI is InChI=1S/C14H17FN2O/c1-9-12(15)7-10(8-13(9)16)14(18)17-11-5-3-2-4-6-11/h2-3,7-8,11H,4-6,16H2,1H3,(H,17,18). The van der Waals surface area contributed by atoms with Gasteiger partial charge in [-0.1, -0.05) is 12.2 Å². The van der Waals surface area contributed by atoms with E-state index in [0.717, 1.165) is 19.3 Å². The maximum Gasteiger partial charge on any atom is 0.251 e. The summed E-state index contributed by atoms with van der Waals surface area (Å²) in [5, 5.41) is 2.90. The van der Waals surface area contributed by atoms with Gasteiger partial charge in [0.25, 0.3) is 5.91 Å². The van der Waals surface area contributed by atoms with E-state index in [9.17, 15) is 9.18 Å². The topological polar surface area (TPSA) is 55.1 Å². The van der Waals surface area contributed by atoms with E-state index in [-0.39, 0.29) is 17.5 Å². The highest BCUT2D eigenvalue weighted by Gasteiger charge is 2.16. The van der Waals surface area contributed by atoms with Crippen molar-refractivity contribution >= 4 is 11.6 Å². The fourth-order valence-electron chi connectivity index (χ4n) is 2.02. The Bertz CT molecular complexity index is 474. The molecule has 1 atom stereocenters. The van der Waals surface area contributed by atoms with E-state index < -0.39 is 5.82 Å². The lowest BCUT2D eigenvalue weighted by molar-refractivity contribution is 0.0934. The van der Waals surface area contributed by atoms with Crippen LogP contribution in [0.2, 0.25) is 0 Å². The molecule has 4 heteroatoms. The molecule has 18 heavy (non-hydrogen) atoms. The van der Waals surface area contributed by atoms with Gasteiger partial charge in [-0.25, -0.2) is 4.39 Å². The Hall–Kier alpha value is -1.84. The molecule has 0 radical (unpaired) electrons. The Kier molecular flexibility index (Phi) is 3.65. The van der Waals surface area contributed by atoms with Crippen molar-refractivity contribution in [2.24, 2.45) is 0 Å². The molecule has 2 rings (SSSR count). The maximum atomic E-state index is 13.5. The summed E-state index contributed by atoms with van der Waals surface area (Å²) in [6, 6.07) is 2.89. The van der Waals surface area contributed by atoms with Crippen molar-refractivity contribution in [3.05, 3.63) is 41.2 Å². The van der Waals surface area contributed by atoms with Gasteiger partial charge in [0.1, 0.15) is 5.82 Å². The van der Waals surface area contributed by atoms with Crippen LogP contribution >= 0.6 is 0 Å². The minimum atomic E-state index is -0.441. The molecule has 1 amide bonds. The quantitative estimate of drug-likeness (QED) is 0.624. The highest BCUT2D eigenvalue weighted by Crippen LogP contribution is 2.18. The maximum absolute atomic E-state index is 13.5. The normalized spacial score (nSPS) is 18.7. The summed E-state index contributed by atoms with van der Waals surface area (Å²) in [5.41, 5.74) is 6.63. The summed E-state index contributed by atoms with van der Waals surface area (Å²) in [4.78, 5) is 12.0. The fraction of sp³-hybridized carbons (Fsp3) is 0.357. The number of carbonyl (C=O) groups excluding carboxylic acids is 1. The number of benzene rings is 1. The molecule has 1 unspecified atom stereocenters. The molecular weight excluding hydrogens is 231 g/mol. The molecule has 0 saturated heterocycles. The Morgan fingerprint density at radius 1 is 1.44 bits per heavy atom. The van der Waals surface area contributed by atoms with Crippen LogP contribution in [0.4, 0.5) is 10.1 Å². The number of carbonyl (C=O) groups is 1. The van der Waals surface area contributed by atoms with E-state index in [4.69, 9.17) is 5.73 Å². The molecule has 0 saturated carbocycles. The number of rotatable bonds is 2. The zero-order valence-corrected chi connectivity index (χ0v) is 10.4. The first-order chi connectivity index (χ1) is 8.58. The van der Waals surface area contributed by atoms with Crippen LogP contribution in [-0.2, 0) is 0 Å². The predicted molar refractivity (Wildman–Crippen MR) is 69.8 cm³/mol. The molecule has 0 fully saturated rings. The second kappa shape index (κ2) is 5.21. The van der Waals surface area contributed by atoms with Gasteiger partial charge in [0.15, 0.2) is 0 Å². The molecule has 96 valence electrons. The number of hydrogen-bond donors (Lipinski definition) is 2. The largest absolute Gasteiger partial charge is 0.398 e. The van der Waals surface area contributed by atoms with Crippen molar-refractivity contribution in [2.75, 3.05) is 5.73 Å². The van der Waals surface area contributed by atoms with E-state index in [0.29, 0.717) is 11.3 Å². The van der Waals surface area contributed by atoms with Gasteiger partial charge in [-0.05, 0) is 38.3 Å². The Balaban J connectivity index is 2.11. The lowest BCUT2D eigenvalue weighted by atomic mass is 10.0. The third-order valence-electron chi connectivity index (χ3n) is 3.25. The van der Waals surface area contributed by atoms with Crippen molar-refractivity contribution < 1.29 is 9.18 Å². The third kappa shape index (κ3) is 2.70. The SMILES string of the molecule is Cc1c(N)cc(C(=O)NC2CC=CCC2)cc1F. The third-order valence-corrected chi connectivity index (χ3v) is 3.25. The van der Waals surface area contributed by atoms with E-state index in [1.54, 1.807) is 6.92 Å². The lowest BCUT2D eigenvalue weighted by Crippen LogP contribution is -2.35. The smallest absolute Gasteiger partial charge is 0.251 e. The molecule has 0 aliphatic heterocycles. The average molecular weight is 248 g/mol. The van der Waals surface area contributed by atoms with Crippen LogP contribution in [0.1, 0.15) is 35.2 Å². The number of nitrogens with two attached hydrogens (primary N) is 1. The summed E-state index contributed by atoms with van der Waals surface area (Å²) >= 11 is 0. The highest BCUT2D eigenvalue weighted by atomic mass is 19.1. The van der Waals surface area contributed by atoms with Gasteiger partial charge in [-0.15, -0.1) is 0 Å². The molecular formula is C14H17FN2O. The van der Waals surface area contributed by atoms with E-state index in [1.807, 2.05) is 0 Å². The van der Waals surface area contributed by atoms with Crippen LogP contribution in [-0.4, -0.2) is 11.9 Å². The first-order valence-electron chi connectivity index (χ1n) is 6.09. The van der Waals surface area contributed by atoms with Gasteiger partial charge in [0.2, 0.25) is 0 Å². The second-order valence-electron chi connectivity index (χ2n) is 4.63. The van der Waals surface area contributed by atoms with Crippen molar-refractivity contribution in [1.29, 1.82) is 0 Å². The minimum Gasteiger partial charge on any atom is -0.398 e. The number of nitrogen functional groups attached to an aromatic ring is 1. The van der Waals surface area contributed by atoms with Gasteiger partial charge in [-0.3, -0.25) is 4.79 Å². The van der Waals surface area contributed by atoms with Crippen LogP contribution in [0.15, 0.2) is 24.3 Å². The second-order valence-corrected chi connectivity index (χ2v) is 4.63. The molecule has 0 bridgehead atoms. The Morgan fingerprint density at radius 2 is 2.22 bits per heavy atom. The molecule has 1 aliphatic rings. The number of halogens is 1. The summed E-state index contributed by atoms with van der Waals surface area (Å²) in [6.07, 6.45) is 6.88. The summed E-state index contributed by atoms with van der Waals surface area (Å²) in [5.74, 6) is -0.704. The molecule has 0 spiro atoms. The Labute approximate surface area is 106 Å². The van der Waals surface area contributed by atoms with Crippen LogP contribution in [0, 0.1) is 12.7 Å². The number of nitrogens with one attached hydrogen (secondary N) is 1. The number of hydrogen-bond acceptors (Lipinski definition) is 2. The molecule has 3 nitrogen and oxygen atoms in total. The van der Waals surface area contributed by atoms with Gasteiger partial charge in [0.05, 0.1) is 0 Å². The zero-order chi connectivity index (χ0) is 13.1. The molecule has 3 N–H and O–H groups in total. The molecule has 1 aromatic carbocycles. The monoisotopic (exact) mass is 248 g/mol. The van der Waals surface area contributed by atoms with Gasteiger partial charge >= 0.3 is 0 Å². The van der Waals surface area contributed by atoms with Gasteiger partial charge < -0.3 is 11.1 Å². The number of allylic oxidation sites excluding steroid dienone is 1. The molecule has 1 aromatic rings. The lowest BCUT2D eigenvalue weighted by Gasteiger charge is -2.19. The summed E-state index contributed by atoms with van der Waals surface area (Å²) < 4.78 is 13.5. The molecule has 0 heterocycles. The highest BCUT2D eigenvalue weighted by molar-refractivity contribution is 5.95. The van der Waals surface area contributed by atoms with Crippen LogP contribution in [0.5, 0.6) is 0 Å².